The molecular formula is C9H17OPr. The molecule has 1 nitrogen and oxygen atoms in total. The summed E-state index contributed by atoms with van der Waals surface area (Å²) in [4.78, 5) is 0. The van der Waals surface area contributed by atoms with Crippen LogP contribution in [0.3, 0.4) is 0 Å². The molecule has 0 spiro atoms. The average Bonchev–Trinajstić information content (AvgIpc) is 2.70. The van der Waals surface area contributed by atoms with E-state index < -0.39 is 0 Å². The third kappa shape index (κ3) is 2.93. The minimum atomic E-state index is 0.0966. The van der Waals surface area contributed by atoms with Crippen molar-refractivity contribution in [3.63, 3.8) is 0 Å². The second kappa shape index (κ2) is 4.53. The molecule has 0 aliphatic heterocycles. The van der Waals surface area contributed by atoms with Crippen LogP contribution in [0.4, 0.5) is 0 Å². The second-order valence-electron chi connectivity index (χ2n) is 3.76. The molecule has 0 heterocycles. The van der Waals surface area contributed by atoms with Gasteiger partial charge in [-0.2, -0.15) is 0 Å². The van der Waals surface area contributed by atoms with Crippen molar-refractivity contribution in [3.05, 3.63) is 0 Å². The van der Waals surface area contributed by atoms with Gasteiger partial charge in [0, 0.05) is 0 Å². The van der Waals surface area contributed by atoms with Crippen LogP contribution in [0, 0.1) is 44.6 Å². The normalized spacial score (nSPS) is 23.0. The summed E-state index contributed by atoms with van der Waals surface area (Å²) in [5.41, 5.74) is 0.430. The van der Waals surface area contributed by atoms with Gasteiger partial charge in [0.1, 0.15) is 0 Å². The van der Waals surface area contributed by atoms with Gasteiger partial charge in [-0.25, -0.2) is 0 Å². The molecule has 0 aromatic rings. The van der Waals surface area contributed by atoms with Gasteiger partial charge in [0.2, 0.25) is 0 Å². The van der Waals surface area contributed by atoms with Gasteiger partial charge in [0.05, 0.1) is 0 Å². The molecule has 0 bridgehead atoms. The van der Waals surface area contributed by atoms with Gasteiger partial charge in [0.25, 0.3) is 0 Å². The van der Waals surface area contributed by atoms with Crippen molar-refractivity contribution in [1.29, 1.82) is 0 Å². The molecule has 0 aromatic heterocycles. The molecular weight excluding hydrogens is 265 g/mol. The first-order chi connectivity index (χ1) is 5.21. The summed E-state index contributed by atoms with van der Waals surface area (Å²) >= 11 is 0.768. The van der Waals surface area contributed by atoms with Gasteiger partial charge < -0.3 is 0 Å². The van der Waals surface area contributed by atoms with Gasteiger partial charge in [-0.15, -0.1) is 0 Å². The molecule has 0 aromatic carbocycles. The summed E-state index contributed by atoms with van der Waals surface area (Å²) in [5, 5.41) is 9.52. The molecule has 1 atom stereocenters. The molecule has 1 aliphatic rings. The quantitative estimate of drug-likeness (QED) is 0.767. The maximum absolute atomic E-state index is 9.52. The first-order valence-electron chi connectivity index (χ1n) is 4.65. The van der Waals surface area contributed by atoms with Crippen molar-refractivity contribution in [1.82, 2.24) is 0 Å². The topological polar surface area (TPSA) is 20.2 Å². The van der Waals surface area contributed by atoms with Gasteiger partial charge in [0.15, 0.2) is 0 Å². The Morgan fingerprint density at radius 2 is 2.09 bits per heavy atom. The number of unbranched alkanes of at least 4 members (excludes halogenated alkanes) is 2. The van der Waals surface area contributed by atoms with E-state index in [4.69, 9.17) is 0 Å². The Morgan fingerprint density at radius 1 is 1.45 bits per heavy atom. The van der Waals surface area contributed by atoms with Crippen LogP contribution >= 0.6 is 0 Å². The summed E-state index contributed by atoms with van der Waals surface area (Å²) in [6, 6.07) is 0. The fourth-order valence-electron chi connectivity index (χ4n) is 1.58. The molecule has 11 heavy (non-hydrogen) atoms. The molecule has 1 unspecified atom stereocenters. The number of rotatable bonds is 5. The van der Waals surface area contributed by atoms with E-state index in [-0.39, 0.29) is 1.69 Å². The van der Waals surface area contributed by atoms with E-state index in [0.717, 1.165) is 39.2 Å². The molecule has 62 valence electrons. The zero-order chi connectivity index (χ0) is 8.32. The van der Waals surface area contributed by atoms with Crippen LogP contribution in [0.1, 0.15) is 45.4 Å². The molecule has 0 saturated heterocycles. The summed E-state index contributed by atoms with van der Waals surface area (Å²) in [6.45, 7) is 2.23. The SMILES string of the molecule is CCCCCC1([CH](O)[Pr])CC1. The molecule has 0 amide bonds. The van der Waals surface area contributed by atoms with Crippen LogP contribution in [0.25, 0.3) is 0 Å². The predicted octanol–water partition coefficient (Wildman–Crippen LogP) is 2.21. The standard InChI is InChI=1S/C9H17O.Pr/c1-2-3-4-5-9(8-10)6-7-9;/h8,10H,2-7H2,1H3;. The van der Waals surface area contributed by atoms with E-state index in [0.29, 0.717) is 5.41 Å². The first kappa shape index (κ1) is 10.4. The summed E-state index contributed by atoms with van der Waals surface area (Å²) < 4.78 is 0.0966. The maximum atomic E-state index is 9.52. The fourth-order valence-corrected chi connectivity index (χ4v) is 3.19. The Balaban J connectivity index is 2.14. The summed E-state index contributed by atoms with van der Waals surface area (Å²) in [7, 11) is 0. The van der Waals surface area contributed by atoms with Gasteiger partial charge in [-0.3, -0.25) is 0 Å². The third-order valence-electron chi connectivity index (χ3n) is 2.80. The molecule has 1 aliphatic carbocycles. The molecule has 0 radical (unpaired) electrons. The number of hydrogen-bond donors (Lipinski definition) is 1. The van der Waals surface area contributed by atoms with Gasteiger partial charge in [-0.1, -0.05) is 0 Å². The van der Waals surface area contributed by atoms with E-state index in [9.17, 15) is 5.11 Å². The van der Waals surface area contributed by atoms with Crippen molar-refractivity contribution < 1.29 is 44.3 Å². The zero-order valence-electron chi connectivity index (χ0n) is 7.34. The third-order valence-corrected chi connectivity index (χ3v) is 5.07. The van der Waals surface area contributed by atoms with E-state index in [1.165, 1.54) is 38.5 Å². The fraction of sp³-hybridized carbons (Fsp3) is 1.00. The van der Waals surface area contributed by atoms with Crippen molar-refractivity contribution >= 4 is 0 Å². The number of hydrogen-bond acceptors (Lipinski definition) is 1. The van der Waals surface area contributed by atoms with E-state index in [1.807, 2.05) is 0 Å². The van der Waals surface area contributed by atoms with E-state index in [2.05, 4.69) is 6.92 Å². The van der Waals surface area contributed by atoms with Crippen LogP contribution in [-0.2, 0) is 0 Å². The van der Waals surface area contributed by atoms with Crippen LogP contribution in [-0.4, -0.2) is 6.79 Å². The summed E-state index contributed by atoms with van der Waals surface area (Å²) in [6.07, 6.45) is 7.87. The van der Waals surface area contributed by atoms with Crippen LogP contribution in [0.15, 0.2) is 0 Å². The Bertz CT molecular complexity index is 119. The Labute approximate surface area is 95.9 Å². The van der Waals surface area contributed by atoms with Crippen LogP contribution in [0.2, 0.25) is 0 Å². The summed E-state index contributed by atoms with van der Waals surface area (Å²) in [5.74, 6) is 0. The Hall–Kier alpha value is 1.32. The molecule has 2 heteroatoms. The Morgan fingerprint density at radius 3 is 2.45 bits per heavy atom. The van der Waals surface area contributed by atoms with Crippen LogP contribution < -0.4 is 0 Å². The molecule has 1 fully saturated rings. The Kier molecular flexibility index (Phi) is 4.28. The monoisotopic (exact) mass is 282 g/mol. The van der Waals surface area contributed by atoms with E-state index >= 15 is 0 Å². The van der Waals surface area contributed by atoms with Gasteiger partial charge in [-0.05, 0) is 0 Å². The molecule has 1 rings (SSSR count). The predicted molar refractivity (Wildman–Crippen MR) is 41.8 cm³/mol. The first-order valence-corrected chi connectivity index (χ1v) is 6.79. The zero-order valence-corrected chi connectivity index (χ0v) is 11.0. The van der Waals surface area contributed by atoms with Crippen molar-refractivity contribution in [2.45, 2.75) is 47.1 Å². The second-order valence-corrected chi connectivity index (χ2v) is 5.79. The molecule has 1 saturated carbocycles. The van der Waals surface area contributed by atoms with Crippen molar-refractivity contribution in [3.8, 4) is 0 Å². The van der Waals surface area contributed by atoms with Crippen LogP contribution in [0.5, 0.6) is 0 Å². The number of aliphatic hydroxyl groups is 1. The van der Waals surface area contributed by atoms with E-state index in [1.54, 1.807) is 0 Å². The van der Waals surface area contributed by atoms with Crippen molar-refractivity contribution in [2.24, 2.45) is 5.41 Å². The average molecular weight is 282 g/mol. The van der Waals surface area contributed by atoms with Crippen molar-refractivity contribution in [2.75, 3.05) is 0 Å². The van der Waals surface area contributed by atoms with Gasteiger partial charge >= 0.3 is 96.9 Å². The number of aliphatic hydroxyl groups excluding tert-OH is 1. The minimum absolute atomic E-state index is 0.0966. The molecule has 1 N–H and O–H groups in total.